The largest absolute Gasteiger partial charge is 0.336 e. The molecule has 104 valence electrons. The number of imide groups is 1. The molecule has 2 heterocycles. The second-order valence-corrected chi connectivity index (χ2v) is 4.95. The van der Waals surface area contributed by atoms with E-state index in [1.54, 1.807) is 6.07 Å². The van der Waals surface area contributed by atoms with Gasteiger partial charge in [-0.1, -0.05) is 12.1 Å². The summed E-state index contributed by atoms with van der Waals surface area (Å²) in [6.07, 6.45) is 0.324. The number of carbonyl (C=O) groups excluding carboxylic acids is 3. The van der Waals surface area contributed by atoms with Crippen molar-refractivity contribution in [3.05, 3.63) is 35.6 Å². The van der Waals surface area contributed by atoms with Crippen LogP contribution in [0.1, 0.15) is 16.8 Å². The maximum Gasteiger partial charge on any atom is 0.322 e. The van der Waals surface area contributed by atoms with Gasteiger partial charge in [-0.05, 0) is 18.6 Å². The smallest absolute Gasteiger partial charge is 0.322 e. The van der Waals surface area contributed by atoms with Gasteiger partial charge in [0.15, 0.2) is 0 Å². The van der Waals surface area contributed by atoms with Crippen molar-refractivity contribution in [2.45, 2.75) is 12.0 Å². The summed E-state index contributed by atoms with van der Waals surface area (Å²) in [4.78, 5) is 36.6. The van der Waals surface area contributed by atoms with Gasteiger partial charge in [0.05, 0.1) is 12.1 Å². The number of hydrogen-bond acceptors (Lipinski definition) is 3. The lowest BCUT2D eigenvalue weighted by atomic mass is 9.99. The molecule has 0 aromatic heterocycles. The minimum Gasteiger partial charge on any atom is -0.336 e. The number of halogens is 1. The van der Waals surface area contributed by atoms with E-state index in [0.29, 0.717) is 13.0 Å². The van der Waals surface area contributed by atoms with E-state index in [1.807, 2.05) is 0 Å². The second-order valence-electron chi connectivity index (χ2n) is 4.95. The first-order chi connectivity index (χ1) is 9.52. The zero-order chi connectivity index (χ0) is 14.3. The fourth-order valence-electron chi connectivity index (χ4n) is 2.60. The molecule has 1 atom stereocenters. The predicted molar refractivity (Wildman–Crippen MR) is 66.3 cm³/mol. The third-order valence-corrected chi connectivity index (χ3v) is 3.68. The molecule has 1 aromatic rings. The van der Waals surface area contributed by atoms with Crippen LogP contribution in [0.15, 0.2) is 24.3 Å². The topological polar surface area (TPSA) is 78.5 Å². The molecule has 2 saturated heterocycles. The maximum absolute atomic E-state index is 13.6. The lowest BCUT2D eigenvalue weighted by Crippen LogP contribution is -2.49. The molecule has 1 unspecified atom stereocenters. The van der Waals surface area contributed by atoms with Gasteiger partial charge in [0, 0.05) is 6.54 Å². The van der Waals surface area contributed by atoms with E-state index in [4.69, 9.17) is 0 Å². The van der Waals surface area contributed by atoms with Crippen molar-refractivity contribution >= 4 is 17.8 Å². The Hall–Kier alpha value is -2.44. The molecule has 1 spiro atoms. The Bertz CT molecular complexity index is 619. The predicted octanol–water partition coefficient (Wildman–Crippen LogP) is 0.250. The highest BCUT2D eigenvalue weighted by Crippen LogP contribution is 2.26. The van der Waals surface area contributed by atoms with Gasteiger partial charge in [-0.15, -0.1) is 0 Å². The maximum atomic E-state index is 13.6. The number of carbonyl (C=O) groups is 3. The summed E-state index contributed by atoms with van der Waals surface area (Å²) in [5.41, 5.74) is -1.10. The normalized spacial score (nSPS) is 24.9. The summed E-state index contributed by atoms with van der Waals surface area (Å²) < 4.78 is 13.6. The first-order valence-electron chi connectivity index (χ1n) is 6.19. The molecule has 4 amide bonds. The van der Waals surface area contributed by atoms with Crippen LogP contribution in [-0.2, 0) is 4.79 Å². The minimum absolute atomic E-state index is 0.0331. The second kappa shape index (κ2) is 4.29. The van der Waals surface area contributed by atoms with Crippen LogP contribution in [-0.4, -0.2) is 41.4 Å². The molecule has 1 aromatic carbocycles. The number of amides is 4. The highest BCUT2D eigenvalue weighted by atomic mass is 19.1. The number of nitrogens with zero attached hydrogens (tertiary/aromatic N) is 1. The van der Waals surface area contributed by atoms with Crippen molar-refractivity contribution in [3.63, 3.8) is 0 Å². The van der Waals surface area contributed by atoms with Gasteiger partial charge < -0.3 is 10.2 Å². The molecular weight excluding hydrogens is 265 g/mol. The fourth-order valence-corrected chi connectivity index (χ4v) is 2.60. The van der Waals surface area contributed by atoms with E-state index < -0.39 is 29.2 Å². The molecule has 7 heteroatoms. The molecule has 2 aliphatic heterocycles. The zero-order valence-electron chi connectivity index (χ0n) is 10.5. The molecule has 3 rings (SSSR count). The third kappa shape index (κ3) is 1.82. The number of nitrogens with one attached hydrogen (secondary N) is 2. The van der Waals surface area contributed by atoms with Gasteiger partial charge in [-0.3, -0.25) is 14.9 Å². The Labute approximate surface area is 113 Å². The quantitative estimate of drug-likeness (QED) is 0.722. The Kier molecular flexibility index (Phi) is 2.70. The van der Waals surface area contributed by atoms with E-state index in [-0.39, 0.29) is 12.1 Å². The molecule has 20 heavy (non-hydrogen) atoms. The SMILES string of the molecule is O=C1NC(=O)C2(CCN(C(=O)c3ccccc3F)C2)N1. The third-order valence-electron chi connectivity index (χ3n) is 3.68. The van der Waals surface area contributed by atoms with Gasteiger partial charge in [-0.2, -0.15) is 0 Å². The van der Waals surface area contributed by atoms with Crippen LogP contribution in [0.5, 0.6) is 0 Å². The molecule has 0 radical (unpaired) electrons. The van der Waals surface area contributed by atoms with Crippen LogP contribution in [0.4, 0.5) is 9.18 Å². The van der Waals surface area contributed by atoms with Crippen LogP contribution >= 0.6 is 0 Å². The lowest BCUT2D eigenvalue weighted by molar-refractivity contribution is -0.123. The molecule has 6 nitrogen and oxygen atoms in total. The van der Waals surface area contributed by atoms with Gasteiger partial charge in [-0.25, -0.2) is 9.18 Å². The Morgan fingerprint density at radius 2 is 2.05 bits per heavy atom. The first-order valence-corrected chi connectivity index (χ1v) is 6.19. The highest BCUT2D eigenvalue weighted by Gasteiger charge is 2.51. The van der Waals surface area contributed by atoms with Crippen LogP contribution in [0.2, 0.25) is 0 Å². The van der Waals surface area contributed by atoms with Crippen LogP contribution in [0.25, 0.3) is 0 Å². The van der Waals surface area contributed by atoms with Gasteiger partial charge >= 0.3 is 6.03 Å². The Morgan fingerprint density at radius 3 is 2.70 bits per heavy atom. The monoisotopic (exact) mass is 277 g/mol. The number of benzene rings is 1. The van der Waals surface area contributed by atoms with Crippen molar-refractivity contribution in [1.29, 1.82) is 0 Å². The Balaban J connectivity index is 1.81. The number of likely N-dealkylation sites (tertiary alicyclic amines) is 1. The van der Waals surface area contributed by atoms with Crippen molar-refractivity contribution in [1.82, 2.24) is 15.5 Å². The fraction of sp³-hybridized carbons (Fsp3) is 0.308. The molecule has 2 N–H and O–H groups in total. The lowest BCUT2D eigenvalue weighted by Gasteiger charge is -2.21. The zero-order valence-corrected chi connectivity index (χ0v) is 10.5. The minimum atomic E-state index is -1.07. The average molecular weight is 277 g/mol. The van der Waals surface area contributed by atoms with Crippen molar-refractivity contribution in [2.24, 2.45) is 0 Å². The van der Waals surface area contributed by atoms with Crippen molar-refractivity contribution < 1.29 is 18.8 Å². The van der Waals surface area contributed by atoms with Crippen LogP contribution < -0.4 is 10.6 Å². The van der Waals surface area contributed by atoms with Crippen LogP contribution in [0, 0.1) is 5.82 Å². The summed E-state index contributed by atoms with van der Waals surface area (Å²) in [6.45, 7) is 0.346. The van der Waals surface area contributed by atoms with Gasteiger partial charge in [0.1, 0.15) is 11.4 Å². The van der Waals surface area contributed by atoms with E-state index in [1.165, 1.54) is 23.1 Å². The number of rotatable bonds is 1. The van der Waals surface area contributed by atoms with Crippen molar-refractivity contribution in [2.75, 3.05) is 13.1 Å². The summed E-state index contributed by atoms with van der Waals surface area (Å²) in [5, 5.41) is 4.70. The average Bonchev–Trinajstić information content (AvgIpc) is 2.95. The highest BCUT2D eigenvalue weighted by molar-refractivity contribution is 6.08. The molecule has 0 aliphatic carbocycles. The van der Waals surface area contributed by atoms with Gasteiger partial charge in [0.25, 0.3) is 11.8 Å². The van der Waals surface area contributed by atoms with E-state index in [9.17, 15) is 18.8 Å². The molecule has 2 aliphatic rings. The molecule has 2 fully saturated rings. The molecular formula is C13H12FN3O3. The summed E-state index contributed by atoms with van der Waals surface area (Å²) >= 11 is 0. The molecule has 0 bridgehead atoms. The number of urea groups is 1. The van der Waals surface area contributed by atoms with Crippen LogP contribution in [0.3, 0.4) is 0 Å². The summed E-state index contributed by atoms with van der Waals surface area (Å²) in [5.74, 6) is -1.52. The standard InChI is InChI=1S/C13H12FN3O3/c14-9-4-2-1-3-8(9)10(18)17-6-5-13(7-17)11(19)15-12(20)16-13/h1-4H,5-7H2,(H2,15,16,19,20). The van der Waals surface area contributed by atoms with E-state index in [0.717, 1.165) is 0 Å². The van der Waals surface area contributed by atoms with Gasteiger partial charge in [0.2, 0.25) is 0 Å². The summed E-state index contributed by atoms with van der Waals surface area (Å²) in [6, 6.07) is 5.13. The first kappa shape index (κ1) is 12.6. The Morgan fingerprint density at radius 1 is 1.30 bits per heavy atom. The molecule has 0 saturated carbocycles. The van der Waals surface area contributed by atoms with E-state index >= 15 is 0 Å². The number of hydrogen-bond donors (Lipinski definition) is 2. The summed E-state index contributed by atoms with van der Waals surface area (Å²) in [7, 11) is 0. The van der Waals surface area contributed by atoms with Crippen molar-refractivity contribution in [3.8, 4) is 0 Å². The van der Waals surface area contributed by atoms with E-state index in [2.05, 4.69) is 10.6 Å².